The molecule has 0 aliphatic carbocycles. The Hall–Kier alpha value is -1.41. The first kappa shape index (κ1) is 18.4. The van der Waals surface area contributed by atoms with E-state index in [4.69, 9.17) is 0 Å². The van der Waals surface area contributed by atoms with Gasteiger partial charge in [-0.3, -0.25) is 14.9 Å². The Labute approximate surface area is 153 Å². The lowest BCUT2D eigenvalue weighted by Crippen LogP contribution is -2.38. The summed E-state index contributed by atoms with van der Waals surface area (Å²) >= 11 is 3.40. The third-order valence-electron chi connectivity index (χ3n) is 4.52. The highest BCUT2D eigenvalue weighted by Crippen LogP contribution is 2.30. The number of fused-ring (bicyclic) bond motifs is 1. The molecule has 1 fully saturated rings. The second-order valence-electron chi connectivity index (χ2n) is 6.39. The molecule has 4 nitrogen and oxygen atoms in total. The maximum atomic E-state index is 12.6. The van der Waals surface area contributed by atoms with Crippen molar-refractivity contribution < 1.29 is 13.2 Å². The minimum absolute atomic E-state index is 0.223. The van der Waals surface area contributed by atoms with Crippen LogP contribution in [0.15, 0.2) is 29.0 Å². The third-order valence-corrected chi connectivity index (χ3v) is 4.95. The summed E-state index contributed by atoms with van der Waals surface area (Å²) in [6, 6.07) is 3.85. The fourth-order valence-corrected chi connectivity index (χ4v) is 3.69. The zero-order chi connectivity index (χ0) is 18.0. The van der Waals surface area contributed by atoms with Gasteiger partial charge in [0.15, 0.2) is 0 Å². The van der Waals surface area contributed by atoms with Crippen molar-refractivity contribution in [1.29, 1.82) is 0 Å². The van der Waals surface area contributed by atoms with Gasteiger partial charge in [0.25, 0.3) is 0 Å². The number of aromatic nitrogens is 2. The molecule has 1 saturated heterocycles. The van der Waals surface area contributed by atoms with E-state index in [1.807, 2.05) is 12.1 Å². The molecule has 3 heterocycles. The number of nitrogens with zero attached hydrogens (tertiary/aromatic N) is 4. The smallest absolute Gasteiger partial charge is 0.369 e. The number of halogens is 4. The van der Waals surface area contributed by atoms with Crippen molar-refractivity contribution in [1.82, 2.24) is 14.9 Å². The largest absolute Gasteiger partial charge is 0.401 e. The third kappa shape index (κ3) is 4.61. The number of hydrogen-bond donors (Lipinski definition) is 0. The lowest BCUT2D eigenvalue weighted by Gasteiger charge is -2.25. The molecule has 2 aromatic heterocycles. The van der Waals surface area contributed by atoms with Crippen molar-refractivity contribution in [3.8, 4) is 0 Å². The summed E-state index contributed by atoms with van der Waals surface area (Å²) in [5.74, 6) is 0.223. The minimum Gasteiger partial charge on any atom is -0.369 e. The van der Waals surface area contributed by atoms with Crippen molar-refractivity contribution in [3.05, 3.63) is 29.0 Å². The van der Waals surface area contributed by atoms with E-state index in [2.05, 4.69) is 30.8 Å². The van der Waals surface area contributed by atoms with Crippen molar-refractivity contribution >= 4 is 32.7 Å². The molecule has 25 heavy (non-hydrogen) atoms. The summed E-state index contributed by atoms with van der Waals surface area (Å²) in [7, 11) is 0. The van der Waals surface area contributed by atoms with Gasteiger partial charge in [0.1, 0.15) is 5.52 Å². The van der Waals surface area contributed by atoms with E-state index < -0.39 is 12.7 Å². The number of anilines is 1. The van der Waals surface area contributed by atoms with Crippen molar-refractivity contribution in [2.75, 3.05) is 37.6 Å². The maximum absolute atomic E-state index is 12.6. The standard InChI is InChI=1S/C17H20BrF3N4/c1-2-24(11-17(19,20)21)9-12-4-6-25(10-12)15-3-5-22-14-7-13(18)8-23-16(14)15/h3,5,7-8,12H,2,4,6,9-11H2,1H3. The Morgan fingerprint density at radius 1 is 1.36 bits per heavy atom. The summed E-state index contributed by atoms with van der Waals surface area (Å²) in [4.78, 5) is 12.5. The molecule has 1 aliphatic heterocycles. The van der Waals surface area contributed by atoms with Gasteiger partial charge in [-0.25, -0.2) is 0 Å². The first-order valence-electron chi connectivity index (χ1n) is 8.30. The molecule has 3 rings (SSSR count). The van der Waals surface area contributed by atoms with Crippen LogP contribution in [0.5, 0.6) is 0 Å². The number of pyridine rings is 2. The highest BCUT2D eigenvalue weighted by atomic mass is 79.9. The minimum atomic E-state index is -4.15. The summed E-state index contributed by atoms with van der Waals surface area (Å²) in [5, 5.41) is 0. The number of rotatable bonds is 5. The molecule has 0 N–H and O–H groups in total. The van der Waals surface area contributed by atoms with Crippen LogP contribution in [-0.2, 0) is 0 Å². The Morgan fingerprint density at radius 3 is 2.88 bits per heavy atom. The lowest BCUT2D eigenvalue weighted by atomic mass is 10.1. The molecule has 8 heteroatoms. The zero-order valence-electron chi connectivity index (χ0n) is 13.9. The topological polar surface area (TPSA) is 32.3 Å². The molecular formula is C17H20BrF3N4. The Kier molecular flexibility index (Phi) is 5.48. The molecule has 1 atom stereocenters. The van der Waals surface area contributed by atoms with E-state index in [1.165, 1.54) is 4.90 Å². The predicted octanol–water partition coefficient (Wildman–Crippen LogP) is 4.10. The highest BCUT2D eigenvalue weighted by molar-refractivity contribution is 9.10. The van der Waals surface area contributed by atoms with Gasteiger partial charge in [0.05, 0.1) is 17.7 Å². The van der Waals surface area contributed by atoms with Gasteiger partial charge in [-0.1, -0.05) is 6.92 Å². The van der Waals surface area contributed by atoms with Crippen molar-refractivity contribution in [2.24, 2.45) is 5.92 Å². The van der Waals surface area contributed by atoms with Gasteiger partial charge >= 0.3 is 6.18 Å². The van der Waals surface area contributed by atoms with Crippen LogP contribution in [0.3, 0.4) is 0 Å². The molecule has 0 spiro atoms. The second-order valence-corrected chi connectivity index (χ2v) is 7.31. The molecule has 0 bridgehead atoms. The Balaban J connectivity index is 1.71. The van der Waals surface area contributed by atoms with E-state index >= 15 is 0 Å². The Bertz CT molecular complexity index is 737. The van der Waals surface area contributed by atoms with Crippen LogP contribution >= 0.6 is 15.9 Å². The van der Waals surface area contributed by atoms with Gasteiger partial charge in [-0.2, -0.15) is 13.2 Å². The first-order chi connectivity index (χ1) is 11.9. The van der Waals surface area contributed by atoms with Crippen LogP contribution in [0.2, 0.25) is 0 Å². The normalized spacial score (nSPS) is 18.5. The SMILES string of the molecule is CCN(CC1CCN(c2ccnc3cc(Br)cnc23)C1)CC(F)(F)F. The first-order valence-corrected chi connectivity index (χ1v) is 9.09. The van der Waals surface area contributed by atoms with Crippen molar-refractivity contribution in [2.45, 2.75) is 19.5 Å². The maximum Gasteiger partial charge on any atom is 0.401 e. The van der Waals surface area contributed by atoms with E-state index in [0.717, 1.165) is 40.7 Å². The summed E-state index contributed by atoms with van der Waals surface area (Å²) in [6.07, 6.45) is 0.228. The van der Waals surface area contributed by atoms with E-state index in [9.17, 15) is 13.2 Å². The van der Waals surface area contributed by atoms with Crippen LogP contribution < -0.4 is 4.90 Å². The van der Waals surface area contributed by atoms with E-state index in [-0.39, 0.29) is 5.92 Å². The average Bonchev–Trinajstić information content (AvgIpc) is 3.00. The van der Waals surface area contributed by atoms with Gasteiger partial charge < -0.3 is 4.90 Å². The van der Waals surface area contributed by atoms with Crippen LogP contribution in [0.25, 0.3) is 11.0 Å². The molecule has 0 radical (unpaired) electrons. The van der Waals surface area contributed by atoms with Crippen LogP contribution in [0.1, 0.15) is 13.3 Å². The van der Waals surface area contributed by atoms with Gasteiger partial charge in [-0.15, -0.1) is 0 Å². The average molecular weight is 417 g/mol. The second kappa shape index (κ2) is 7.45. The number of alkyl halides is 3. The Morgan fingerprint density at radius 2 is 2.16 bits per heavy atom. The van der Waals surface area contributed by atoms with Crippen molar-refractivity contribution in [3.63, 3.8) is 0 Å². The fourth-order valence-electron chi connectivity index (χ4n) is 3.37. The monoisotopic (exact) mass is 416 g/mol. The van der Waals surface area contributed by atoms with Crippen LogP contribution in [-0.4, -0.2) is 53.8 Å². The molecule has 0 amide bonds. The molecule has 1 unspecified atom stereocenters. The molecule has 136 valence electrons. The van der Waals surface area contributed by atoms with Crippen LogP contribution in [0.4, 0.5) is 18.9 Å². The molecule has 1 aliphatic rings. The van der Waals surface area contributed by atoms with Gasteiger partial charge in [-0.05, 0) is 46.9 Å². The summed E-state index contributed by atoms with van der Waals surface area (Å²) < 4.78 is 38.8. The fraction of sp³-hybridized carbons (Fsp3) is 0.529. The summed E-state index contributed by atoms with van der Waals surface area (Å²) in [5.41, 5.74) is 2.63. The molecule has 0 saturated carbocycles. The zero-order valence-corrected chi connectivity index (χ0v) is 15.5. The predicted molar refractivity (Wildman–Crippen MR) is 95.7 cm³/mol. The van der Waals surface area contributed by atoms with Gasteiger partial charge in [0, 0.05) is 36.5 Å². The van der Waals surface area contributed by atoms with Crippen LogP contribution in [0, 0.1) is 5.92 Å². The van der Waals surface area contributed by atoms with Gasteiger partial charge in [0.2, 0.25) is 0 Å². The quantitative estimate of drug-likeness (QED) is 0.734. The van der Waals surface area contributed by atoms with E-state index in [1.54, 1.807) is 19.3 Å². The van der Waals surface area contributed by atoms with E-state index in [0.29, 0.717) is 13.1 Å². The lowest BCUT2D eigenvalue weighted by molar-refractivity contribution is -0.146. The summed E-state index contributed by atoms with van der Waals surface area (Å²) in [6.45, 7) is 3.37. The molecule has 0 aromatic carbocycles. The number of hydrogen-bond acceptors (Lipinski definition) is 4. The highest BCUT2D eigenvalue weighted by Gasteiger charge is 2.32. The molecular weight excluding hydrogens is 397 g/mol. The molecule has 2 aromatic rings.